The van der Waals surface area contributed by atoms with Crippen LogP contribution < -0.4 is 5.32 Å². The van der Waals surface area contributed by atoms with E-state index in [1.54, 1.807) is 30.3 Å². The number of nitrogens with zero attached hydrogens (tertiary/aromatic N) is 2. The third-order valence-corrected chi connectivity index (χ3v) is 5.36. The van der Waals surface area contributed by atoms with Gasteiger partial charge in [-0.3, -0.25) is 9.20 Å². The van der Waals surface area contributed by atoms with Crippen LogP contribution in [0.1, 0.15) is 40.5 Å². The number of fused-ring (bicyclic) bond motifs is 1. The highest BCUT2D eigenvalue weighted by Gasteiger charge is 2.13. The molecule has 0 spiro atoms. The fraction of sp³-hybridized carbons (Fsp3) is 0.179. The predicted octanol–water partition coefficient (Wildman–Crippen LogP) is 5.84. The van der Waals surface area contributed by atoms with E-state index < -0.39 is 0 Å². The van der Waals surface area contributed by atoms with Crippen LogP contribution in [0.15, 0.2) is 72.9 Å². The smallest absolute Gasteiger partial charge is 0.338 e. The number of aromatic nitrogens is 2. The minimum atomic E-state index is -0.369. The number of anilines is 1. The summed E-state index contributed by atoms with van der Waals surface area (Å²) >= 11 is 0. The lowest BCUT2D eigenvalue weighted by atomic mass is 10.1. The number of amides is 1. The van der Waals surface area contributed by atoms with Crippen molar-refractivity contribution in [2.24, 2.45) is 0 Å². The first kappa shape index (κ1) is 23.0. The van der Waals surface area contributed by atoms with E-state index in [1.807, 2.05) is 67.8 Å². The van der Waals surface area contributed by atoms with E-state index in [9.17, 15) is 9.59 Å². The molecule has 0 bridgehead atoms. The van der Waals surface area contributed by atoms with Crippen molar-refractivity contribution in [3.8, 4) is 11.3 Å². The minimum absolute atomic E-state index is 0.279. The minimum Gasteiger partial charge on any atom is -0.462 e. The Morgan fingerprint density at radius 3 is 2.44 bits per heavy atom. The fourth-order valence-electron chi connectivity index (χ4n) is 3.55. The van der Waals surface area contributed by atoms with Gasteiger partial charge < -0.3 is 10.1 Å². The van der Waals surface area contributed by atoms with Crippen molar-refractivity contribution in [2.45, 2.75) is 27.2 Å². The number of imidazole rings is 1. The third kappa shape index (κ3) is 5.23. The number of hydrogen-bond acceptors (Lipinski definition) is 4. The second-order valence-electron chi connectivity index (χ2n) is 8.18. The van der Waals surface area contributed by atoms with Gasteiger partial charge in [0.05, 0.1) is 23.6 Å². The summed E-state index contributed by atoms with van der Waals surface area (Å²) in [6, 6.07) is 18.8. The number of rotatable bonds is 7. The van der Waals surface area contributed by atoms with Gasteiger partial charge in [-0.25, -0.2) is 9.78 Å². The van der Waals surface area contributed by atoms with Gasteiger partial charge in [0.25, 0.3) is 0 Å². The molecule has 1 amide bonds. The molecule has 6 nitrogen and oxygen atoms in total. The number of ether oxygens (including phenoxy) is 1. The van der Waals surface area contributed by atoms with Gasteiger partial charge in [-0.1, -0.05) is 36.8 Å². The van der Waals surface area contributed by atoms with Crippen LogP contribution in [0.4, 0.5) is 5.69 Å². The summed E-state index contributed by atoms with van der Waals surface area (Å²) in [7, 11) is 0. The van der Waals surface area contributed by atoms with E-state index in [0.717, 1.165) is 34.6 Å². The summed E-state index contributed by atoms with van der Waals surface area (Å²) < 4.78 is 7.10. The van der Waals surface area contributed by atoms with E-state index in [0.29, 0.717) is 17.9 Å². The Balaban J connectivity index is 1.56. The van der Waals surface area contributed by atoms with Crippen LogP contribution in [0.25, 0.3) is 23.0 Å². The molecule has 0 saturated heterocycles. The van der Waals surface area contributed by atoms with Crippen molar-refractivity contribution < 1.29 is 14.3 Å². The topological polar surface area (TPSA) is 72.7 Å². The first-order valence-electron chi connectivity index (χ1n) is 11.3. The van der Waals surface area contributed by atoms with Crippen molar-refractivity contribution in [3.05, 3.63) is 95.3 Å². The average Bonchev–Trinajstić information content (AvgIpc) is 3.19. The van der Waals surface area contributed by atoms with Crippen LogP contribution in [0.3, 0.4) is 0 Å². The molecule has 4 aromatic rings. The number of pyridine rings is 1. The van der Waals surface area contributed by atoms with E-state index >= 15 is 0 Å². The lowest BCUT2D eigenvalue weighted by Gasteiger charge is -2.05. The Hall–Kier alpha value is -4.19. The molecule has 0 radical (unpaired) electrons. The normalized spacial score (nSPS) is 11.1. The second kappa shape index (κ2) is 10.2. The van der Waals surface area contributed by atoms with E-state index in [4.69, 9.17) is 9.72 Å². The standard InChI is InChI=1S/C28H27N3O3/c1-4-17-34-28(33)22-9-11-23(12-10-22)29-26(32)14-13-24-27(21-7-5-19(2)6-8-21)30-25-18-20(3)15-16-31(24)25/h5-16,18H,4,17H2,1-3H3,(H,29,32)/b14-13+. The molecule has 0 aliphatic rings. The third-order valence-electron chi connectivity index (χ3n) is 5.36. The van der Waals surface area contributed by atoms with Crippen LogP contribution >= 0.6 is 0 Å². The van der Waals surface area contributed by atoms with Crippen LogP contribution in [0, 0.1) is 13.8 Å². The Kier molecular flexibility index (Phi) is 6.87. The van der Waals surface area contributed by atoms with Gasteiger partial charge in [0, 0.05) is 23.5 Å². The zero-order valence-electron chi connectivity index (χ0n) is 19.5. The van der Waals surface area contributed by atoms with Crippen LogP contribution in [0.5, 0.6) is 0 Å². The zero-order valence-corrected chi connectivity index (χ0v) is 19.5. The number of benzene rings is 2. The summed E-state index contributed by atoms with van der Waals surface area (Å²) in [5, 5.41) is 2.83. The SMILES string of the molecule is CCCOC(=O)c1ccc(NC(=O)/C=C/c2c(-c3ccc(C)cc3)nc3cc(C)ccn23)cc1. The fourth-order valence-corrected chi connectivity index (χ4v) is 3.55. The molecule has 2 heterocycles. The summed E-state index contributed by atoms with van der Waals surface area (Å²) in [6.07, 6.45) is 5.99. The molecule has 6 heteroatoms. The van der Waals surface area contributed by atoms with Gasteiger partial charge in [-0.2, -0.15) is 0 Å². The van der Waals surface area contributed by atoms with Crippen molar-refractivity contribution in [1.82, 2.24) is 9.38 Å². The molecule has 2 aromatic heterocycles. The van der Waals surface area contributed by atoms with Gasteiger partial charge in [0.15, 0.2) is 0 Å². The number of hydrogen-bond donors (Lipinski definition) is 1. The number of esters is 1. The molecule has 0 saturated carbocycles. The Bertz CT molecular complexity index is 1350. The molecule has 172 valence electrons. The Morgan fingerprint density at radius 1 is 1.00 bits per heavy atom. The zero-order chi connectivity index (χ0) is 24.1. The first-order chi connectivity index (χ1) is 16.4. The Labute approximate surface area is 198 Å². The second-order valence-corrected chi connectivity index (χ2v) is 8.18. The van der Waals surface area contributed by atoms with E-state index in [2.05, 4.69) is 5.32 Å². The number of aryl methyl sites for hydroxylation is 2. The summed E-state index contributed by atoms with van der Waals surface area (Å²) in [5.41, 5.74) is 6.76. The predicted molar refractivity (Wildman–Crippen MR) is 135 cm³/mol. The van der Waals surface area contributed by atoms with Crippen molar-refractivity contribution in [1.29, 1.82) is 0 Å². The molecule has 2 aromatic carbocycles. The molecule has 0 fully saturated rings. The summed E-state index contributed by atoms with van der Waals surface area (Å²) in [5.74, 6) is -0.649. The lowest BCUT2D eigenvalue weighted by molar-refractivity contribution is -0.111. The van der Waals surface area contributed by atoms with Crippen molar-refractivity contribution >= 4 is 29.3 Å². The van der Waals surface area contributed by atoms with E-state index in [-0.39, 0.29) is 11.9 Å². The van der Waals surface area contributed by atoms with E-state index in [1.165, 1.54) is 11.6 Å². The highest BCUT2D eigenvalue weighted by atomic mass is 16.5. The van der Waals surface area contributed by atoms with Gasteiger partial charge in [-0.15, -0.1) is 0 Å². The molecule has 0 aliphatic carbocycles. The van der Waals surface area contributed by atoms with Crippen LogP contribution in [0.2, 0.25) is 0 Å². The quantitative estimate of drug-likeness (QED) is 0.282. The maximum Gasteiger partial charge on any atom is 0.338 e. The Morgan fingerprint density at radius 2 is 1.74 bits per heavy atom. The highest BCUT2D eigenvalue weighted by molar-refractivity contribution is 6.02. The van der Waals surface area contributed by atoms with Gasteiger partial charge in [-0.05, 0) is 68.3 Å². The van der Waals surface area contributed by atoms with Gasteiger partial charge in [0.2, 0.25) is 5.91 Å². The molecular weight excluding hydrogens is 426 g/mol. The maximum atomic E-state index is 12.6. The summed E-state index contributed by atoms with van der Waals surface area (Å²) in [4.78, 5) is 29.4. The molecule has 34 heavy (non-hydrogen) atoms. The average molecular weight is 454 g/mol. The molecule has 0 atom stereocenters. The largest absolute Gasteiger partial charge is 0.462 e. The van der Waals surface area contributed by atoms with Crippen molar-refractivity contribution in [3.63, 3.8) is 0 Å². The van der Waals surface area contributed by atoms with Gasteiger partial charge in [0.1, 0.15) is 5.65 Å². The lowest BCUT2D eigenvalue weighted by Crippen LogP contribution is -2.09. The van der Waals surface area contributed by atoms with Gasteiger partial charge >= 0.3 is 5.97 Å². The highest BCUT2D eigenvalue weighted by Crippen LogP contribution is 2.26. The molecule has 1 N–H and O–H groups in total. The molecule has 0 unspecified atom stereocenters. The monoisotopic (exact) mass is 453 g/mol. The number of nitrogens with one attached hydrogen (secondary N) is 1. The number of carbonyl (C=O) groups is 2. The molecular formula is C28H27N3O3. The number of carbonyl (C=O) groups excluding carboxylic acids is 2. The summed E-state index contributed by atoms with van der Waals surface area (Å²) in [6.45, 7) is 6.40. The maximum absolute atomic E-state index is 12.6. The first-order valence-corrected chi connectivity index (χ1v) is 11.3. The molecule has 4 rings (SSSR count). The van der Waals surface area contributed by atoms with Crippen LogP contribution in [-0.4, -0.2) is 27.9 Å². The molecule has 0 aliphatic heterocycles. The van der Waals surface area contributed by atoms with Crippen molar-refractivity contribution in [2.75, 3.05) is 11.9 Å². The van der Waals surface area contributed by atoms with Crippen LogP contribution in [-0.2, 0) is 9.53 Å².